The molecule has 150 valence electrons. The molecule has 1 fully saturated rings. The van der Waals surface area contributed by atoms with Crippen LogP contribution in [0.4, 0.5) is 0 Å². The number of hydrogen-bond acceptors (Lipinski definition) is 6. The highest BCUT2D eigenvalue weighted by Crippen LogP contribution is 2.34. The van der Waals surface area contributed by atoms with E-state index in [2.05, 4.69) is 20.3 Å². The number of imidazole rings is 1. The van der Waals surface area contributed by atoms with Crippen LogP contribution >= 0.6 is 0 Å². The van der Waals surface area contributed by atoms with Crippen molar-refractivity contribution < 1.29 is 14.4 Å². The molecule has 1 saturated heterocycles. The Hall–Kier alpha value is -3.88. The predicted octanol–water partition coefficient (Wildman–Crippen LogP) is 1.31. The van der Waals surface area contributed by atoms with Gasteiger partial charge in [-0.25, -0.2) is 15.0 Å². The number of aromatic nitrogens is 4. The lowest BCUT2D eigenvalue weighted by Gasteiger charge is -2.29. The van der Waals surface area contributed by atoms with Crippen LogP contribution in [0.25, 0.3) is 22.5 Å². The molecule has 3 aromatic rings. The highest BCUT2D eigenvalue weighted by molar-refractivity contribution is 6.05. The number of imide groups is 1. The van der Waals surface area contributed by atoms with Crippen LogP contribution in [0.5, 0.6) is 0 Å². The van der Waals surface area contributed by atoms with Gasteiger partial charge >= 0.3 is 0 Å². The molecule has 9 nitrogen and oxygen atoms in total. The fourth-order valence-electron chi connectivity index (χ4n) is 4.12. The second-order valence-corrected chi connectivity index (χ2v) is 7.45. The van der Waals surface area contributed by atoms with E-state index in [1.807, 2.05) is 23.7 Å². The monoisotopic (exact) mass is 402 g/mol. The molecule has 1 atom stereocenters. The number of carbonyl (C=O) groups excluding carboxylic acids is 3. The second kappa shape index (κ2) is 6.87. The van der Waals surface area contributed by atoms with E-state index < -0.39 is 11.9 Å². The fourth-order valence-corrected chi connectivity index (χ4v) is 4.12. The van der Waals surface area contributed by atoms with Crippen molar-refractivity contribution in [2.24, 2.45) is 7.05 Å². The predicted molar refractivity (Wildman–Crippen MR) is 106 cm³/mol. The molecule has 0 saturated carbocycles. The summed E-state index contributed by atoms with van der Waals surface area (Å²) >= 11 is 0. The molecule has 0 radical (unpaired) electrons. The van der Waals surface area contributed by atoms with Gasteiger partial charge in [0.05, 0.1) is 17.7 Å². The fraction of sp³-hybridized carbons (Fsp3) is 0.238. The normalized spacial score (nSPS) is 18.5. The van der Waals surface area contributed by atoms with E-state index in [1.54, 1.807) is 29.7 Å². The summed E-state index contributed by atoms with van der Waals surface area (Å²) in [5.41, 5.74) is 4.76. The van der Waals surface area contributed by atoms with Crippen LogP contribution in [0.15, 0.2) is 43.2 Å². The lowest BCUT2D eigenvalue weighted by atomic mass is 10.0. The number of piperidine rings is 1. The minimum atomic E-state index is -0.627. The van der Waals surface area contributed by atoms with Crippen molar-refractivity contribution in [2.45, 2.75) is 25.4 Å². The van der Waals surface area contributed by atoms with Gasteiger partial charge in [-0.3, -0.25) is 19.7 Å². The van der Waals surface area contributed by atoms with Crippen LogP contribution in [0, 0.1) is 0 Å². The summed E-state index contributed by atoms with van der Waals surface area (Å²) in [6.07, 6.45) is 7.24. The molecule has 0 aliphatic carbocycles. The van der Waals surface area contributed by atoms with E-state index in [0.29, 0.717) is 18.5 Å². The molecule has 0 unspecified atom stereocenters. The molecule has 0 spiro atoms. The number of rotatable bonds is 3. The average Bonchev–Trinajstić information content (AvgIpc) is 3.28. The van der Waals surface area contributed by atoms with Gasteiger partial charge in [0, 0.05) is 49.1 Å². The molecule has 30 heavy (non-hydrogen) atoms. The third kappa shape index (κ3) is 2.86. The number of nitrogens with zero attached hydrogens (tertiary/aromatic N) is 5. The Bertz CT molecular complexity index is 1190. The standard InChI is InChI=1S/C21H18N6O3/c1-26-11-24-18(19(26)14-7-22-10-23-8-14)12-2-3-15-13(6-12)9-27(21(15)30)16-4-5-17(28)25-20(16)29/h2-3,6-8,10-11,16H,4-5,9H2,1H3,(H,25,28,29)/t16-/m0/s1. The maximum Gasteiger partial charge on any atom is 0.255 e. The van der Waals surface area contributed by atoms with E-state index >= 15 is 0 Å². The number of aryl methyl sites for hydroxylation is 1. The summed E-state index contributed by atoms with van der Waals surface area (Å²) in [7, 11) is 1.90. The zero-order valence-electron chi connectivity index (χ0n) is 16.2. The molecular formula is C21H18N6O3. The molecule has 2 aliphatic heterocycles. The Morgan fingerprint density at radius 3 is 2.67 bits per heavy atom. The van der Waals surface area contributed by atoms with E-state index in [9.17, 15) is 14.4 Å². The quantitative estimate of drug-likeness (QED) is 0.662. The third-order valence-corrected chi connectivity index (χ3v) is 5.57. The van der Waals surface area contributed by atoms with Crippen molar-refractivity contribution in [2.75, 3.05) is 0 Å². The molecule has 2 aromatic heterocycles. The SMILES string of the molecule is Cn1cnc(-c2ccc3c(c2)CN([C@H]2CCC(=O)NC2=O)C3=O)c1-c1cncnc1. The van der Waals surface area contributed by atoms with Crippen LogP contribution in [0.2, 0.25) is 0 Å². The van der Waals surface area contributed by atoms with Crippen molar-refractivity contribution in [1.82, 2.24) is 29.7 Å². The molecule has 9 heteroatoms. The number of carbonyl (C=O) groups is 3. The van der Waals surface area contributed by atoms with Gasteiger partial charge < -0.3 is 9.47 Å². The summed E-state index contributed by atoms with van der Waals surface area (Å²) in [5, 5.41) is 2.32. The Kier molecular flexibility index (Phi) is 4.16. The van der Waals surface area contributed by atoms with Gasteiger partial charge in [-0.1, -0.05) is 6.07 Å². The van der Waals surface area contributed by atoms with Crippen molar-refractivity contribution in [3.63, 3.8) is 0 Å². The Labute approximate surface area is 171 Å². The van der Waals surface area contributed by atoms with Crippen LogP contribution in [-0.2, 0) is 23.2 Å². The number of nitrogens with one attached hydrogen (secondary N) is 1. The van der Waals surface area contributed by atoms with Crippen molar-refractivity contribution in [1.29, 1.82) is 0 Å². The number of fused-ring (bicyclic) bond motifs is 1. The largest absolute Gasteiger partial charge is 0.333 e. The van der Waals surface area contributed by atoms with Crippen molar-refractivity contribution >= 4 is 17.7 Å². The first-order chi connectivity index (χ1) is 14.5. The topological polar surface area (TPSA) is 110 Å². The summed E-state index contributed by atoms with van der Waals surface area (Å²) in [5.74, 6) is -0.900. The Balaban J connectivity index is 1.49. The number of benzene rings is 1. The van der Waals surface area contributed by atoms with Gasteiger partial charge in [0.25, 0.3) is 5.91 Å². The molecule has 4 heterocycles. The maximum absolute atomic E-state index is 12.9. The molecular weight excluding hydrogens is 384 g/mol. The Morgan fingerprint density at radius 2 is 1.90 bits per heavy atom. The minimum Gasteiger partial charge on any atom is -0.333 e. The molecule has 1 aromatic carbocycles. The summed E-state index contributed by atoms with van der Waals surface area (Å²) in [6, 6.07) is 4.95. The van der Waals surface area contributed by atoms with E-state index in [1.165, 1.54) is 6.33 Å². The zero-order valence-corrected chi connectivity index (χ0v) is 16.2. The zero-order chi connectivity index (χ0) is 20.8. The van der Waals surface area contributed by atoms with Crippen LogP contribution in [-0.4, -0.2) is 48.2 Å². The molecule has 5 rings (SSSR count). The number of hydrogen-bond donors (Lipinski definition) is 1. The molecule has 2 aliphatic rings. The van der Waals surface area contributed by atoms with Gasteiger partial charge in [-0.05, 0) is 24.1 Å². The maximum atomic E-state index is 12.9. The smallest absolute Gasteiger partial charge is 0.255 e. The first-order valence-corrected chi connectivity index (χ1v) is 9.57. The average molecular weight is 402 g/mol. The lowest BCUT2D eigenvalue weighted by molar-refractivity contribution is -0.136. The summed E-state index contributed by atoms with van der Waals surface area (Å²) in [4.78, 5) is 50.8. The van der Waals surface area contributed by atoms with Gasteiger partial charge in [-0.15, -0.1) is 0 Å². The molecule has 3 amide bonds. The van der Waals surface area contributed by atoms with Crippen molar-refractivity contribution in [3.05, 3.63) is 54.4 Å². The van der Waals surface area contributed by atoms with E-state index in [-0.39, 0.29) is 18.2 Å². The third-order valence-electron chi connectivity index (χ3n) is 5.57. The van der Waals surface area contributed by atoms with Gasteiger partial charge in [0.2, 0.25) is 11.8 Å². The van der Waals surface area contributed by atoms with E-state index in [4.69, 9.17) is 0 Å². The van der Waals surface area contributed by atoms with Crippen LogP contribution in [0.1, 0.15) is 28.8 Å². The summed E-state index contributed by atoms with van der Waals surface area (Å²) < 4.78 is 1.90. The summed E-state index contributed by atoms with van der Waals surface area (Å²) in [6.45, 7) is 0.324. The molecule has 1 N–H and O–H groups in total. The first-order valence-electron chi connectivity index (χ1n) is 9.57. The van der Waals surface area contributed by atoms with Crippen molar-refractivity contribution in [3.8, 4) is 22.5 Å². The highest BCUT2D eigenvalue weighted by Gasteiger charge is 2.39. The Morgan fingerprint density at radius 1 is 1.10 bits per heavy atom. The second-order valence-electron chi connectivity index (χ2n) is 7.45. The van der Waals surface area contributed by atoms with Crippen LogP contribution in [0.3, 0.4) is 0 Å². The first kappa shape index (κ1) is 18.2. The van der Waals surface area contributed by atoms with Gasteiger partial charge in [0.1, 0.15) is 12.4 Å². The molecule has 0 bridgehead atoms. The highest BCUT2D eigenvalue weighted by atomic mass is 16.2. The van der Waals surface area contributed by atoms with E-state index in [0.717, 1.165) is 28.1 Å². The van der Waals surface area contributed by atoms with Crippen LogP contribution < -0.4 is 5.32 Å². The van der Waals surface area contributed by atoms with Gasteiger partial charge in [0.15, 0.2) is 0 Å². The number of amides is 3. The minimum absolute atomic E-state index is 0.191. The lowest BCUT2D eigenvalue weighted by Crippen LogP contribution is -2.52. The van der Waals surface area contributed by atoms with Gasteiger partial charge in [-0.2, -0.15) is 0 Å².